The summed E-state index contributed by atoms with van der Waals surface area (Å²) in [4.78, 5) is 27.8. The van der Waals surface area contributed by atoms with Gasteiger partial charge in [-0.25, -0.2) is 9.18 Å². The van der Waals surface area contributed by atoms with Gasteiger partial charge in [0.1, 0.15) is 5.82 Å². The number of hydrogen-bond acceptors (Lipinski definition) is 5. The molecular weight excluding hydrogens is 566 g/mol. The van der Waals surface area contributed by atoms with E-state index in [0.29, 0.717) is 46.3 Å². The van der Waals surface area contributed by atoms with E-state index in [9.17, 15) is 14.7 Å². The number of nitrogens with one attached hydrogen (secondary N) is 3. The SMILES string of the molecule is CC1=C(C(=O)O)C=C/C(=C2\CC3[C@@H](N2)[C@H](c2cccc(Cl)c2F)[C@H](C(=O)Nc2cccc(Cl)c2)N3CC2CC2)C1=N. The molecule has 0 radical (unpaired) electrons. The largest absolute Gasteiger partial charge is 0.478 e. The number of rotatable bonds is 6. The fraction of sp³-hybridized carbons (Fsp3) is 0.323. The second-order valence-electron chi connectivity index (χ2n) is 11.1. The van der Waals surface area contributed by atoms with E-state index >= 15 is 4.39 Å². The highest BCUT2D eigenvalue weighted by atomic mass is 35.5. The number of halogens is 3. The molecule has 2 heterocycles. The molecule has 2 aliphatic carbocycles. The minimum absolute atomic E-state index is 0.00998. The van der Waals surface area contributed by atoms with E-state index in [1.807, 2.05) is 0 Å². The number of fused-ring (bicyclic) bond motifs is 1. The number of aliphatic carboxylic acids is 1. The molecule has 2 aromatic carbocycles. The Balaban J connectivity index is 1.42. The normalized spacial score (nSPS) is 27.7. The van der Waals surface area contributed by atoms with Gasteiger partial charge < -0.3 is 15.7 Å². The molecule has 2 aromatic rings. The number of nitrogens with zero attached hydrogens (tertiary/aromatic N) is 1. The van der Waals surface area contributed by atoms with E-state index in [4.69, 9.17) is 28.6 Å². The van der Waals surface area contributed by atoms with Crippen molar-refractivity contribution in [2.75, 3.05) is 11.9 Å². The van der Waals surface area contributed by atoms with Crippen molar-refractivity contribution >= 4 is 46.5 Å². The van der Waals surface area contributed by atoms with Crippen LogP contribution in [0.15, 0.2) is 77.0 Å². The lowest BCUT2D eigenvalue weighted by Gasteiger charge is -2.31. The number of carboxylic acid groups (broad SMARTS) is 1. The molecule has 6 rings (SSSR count). The third-order valence-corrected chi connectivity index (χ3v) is 9.09. The second-order valence-corrected chi connectivity index (χ2v) is 12.0. The van der Waals surface area contributed by atoms with Gasteiger partial charge in [-0.05, 0) is 67.2 Å². The monoisotopic (exact) mass is 594 g/mol. The molecule has 3 fully saturated rings. The van der Waals surface area contributed by atoms with Gasteiger partial charge in [-0.2, -0.15) is 0 Å². The van der Waals surface area contributed by atoms with Crippen LogP contribution < -0.4 is 10.6 Å². The summed E-state index contributed by atoms with van der Waals surface area (Å²) in [7, 11) is 0. The van der Waals surface area contributed by atoms with E-state index in [0.717, 1.165) is 18.5 Å². The van der Waals surface area contributed by atoms with Crippen LogP contribution >= 0.6 is 23.2 Å². The fourth-order valence-electron chi connectivity index (χ4n) is 6.42. The van der Waals surface area contributed by atoms with Crippen LogP contribution in [0.4, 0.5) is 10.1 Å². The first-order valence-electron chi connectivity index (χ1n) is 13.6. The first-order chi connectivity index (χ1) is 19.6. The Morgan fingerprint density at radius 2 is 1.93 bits per heavy atom. The molecular formula is C31H29Cl2FN4O3. The maximum atomic E-state index is 15.7. The van der Waals surface area contributed by atoms with Gasteiger partial charge in [-0.15, -0.1) is 0 Å². The predicted octanol–water partition coefficient (Wildman–Crippen LogP) is 5.92. The lowest BCUT2D eigenvalue weighted by Crippen LogP contribution is -2.46. The first kappa shape index (κ1) is 27.7. The smallest absolute Gasteiger partial charge is 0.336 e. The number of benzene rings is 2. The summed E-state index contributed by atoms with van der Waals surface area (Å²) in [6.45, 7) is 2.32. The Labute approximate surface area is 247 Å². The van der Waals surface area contributed by atoms with E-state index in [1.165, 1.54) is 12.1 Å². The summed E-state index contributed by atoms with van der Waals surface area (Å²) in [5.74, 6) is -2.01. The Morgan fingerprint density at radius 1 is 1.17 bits per heavy atom. The molecule has 0 bridgehead atoms. The summed E-state index contributed by atoms with van der Waals surface area (Å²) >= 11 is 12.4. The average Bonchev–Trinajstić information content (AvgIpc) is 3.57. The van der Waals surface area contributed by atoms with Crippen LogP contribution in [0.5, 0.6) is 0 Å². The maximum Gasteiger partial charge on any atom is 0.336 e. The van der Waals surface area contributed by atoms with Gasteiger partial charge in [-0.3, -0.25) is 15.1 Å². The molecule has 10 heteroatoms. The van der Waals surface area contributed by atoms with Crippen LogP contribution in [0.2, 0.25) is 10.0 Å². The van der Waals surface area contributed by atoms with Crippen molar-refractivity contribution in [2.45, 2.75) is 50.2 Å². The Kier molecular flexibility index (Phi) is 7.26. The predicted molar refractivity (Wildman–Crippen MR) is 157 cm³/mol. The Bertz CT molecular complexity index is 1560. The van der Waals surface area contributed by atoms with E-state index < -0.39 is 23.7 Å². The van der Waals surface area contributed by atoms with E-state index in [2.05, 4.69) is 15.5 Å². The number of anilines is 1. The minimum atomic E-state index is -1.08. The molecule has 0 aromatic heterocycles. The number of hydrogen-bond donors (Lipinski definition) is 4. The Morgan fingerprint density at radius 3 is 2.63 bits per heavy atom. The molecule has 1 unspecified atom stereocenters. The highest BCUT2D eigenvalue weighted by Crippen LogP contribution is 2.48. The molecule has 41 heavy (non-hydrogen) atoms. The molecule has 7 nitrogen and oxygen atoms in total. The summed E-state index contributed by atoms with van der Waals surface area (Å²) in [5.41, 5.74) is 2.92. The molecule has 4 N–H and O–H groups in total. The van der Waals surface area contributed by atoms with Crippen LogP contribution in [-0.2, 0) is 9.59 Å². The number of likely N-dealkylation sites (tertiary alicyclic amines) is 1. The molecule has 2 saturated heterocycles. The second kappa shape index (κ2) is 10.7. The van der Waals surface area contributed by atoms with Crippen LogP contribution in [0.3, 0.4) is 0 Å². The first-order valence-corrected chi connectivity index (χ1v) is 14.4. The molecule has 1 saturated carbocycles. The summed E-state index contributed by atoms with van der Waals surface area (Å²) < 4.78 is 15.7. The Hall–Kier alpha value is -3.46. The zero-order valence-corrected chi connectivity index (χ0v) is 23.8. The standard InChI is InChI=1S/C31H29Cl2FN4O3/c1-15-19(31(40)41)10-11-20(27(15)35)23-13-24-28(37-23)25(21-6-3-7-22(33)26(21)34)29(38(24)14-16-8-9-16)30(39)36-18-5-2-4-17(32)12-18/h2-7,10-12,16,24-25,28-29,35,37H,8-9,13-14H2,1H3,(H,36,39)(H,40,41)/b23-20-,35-27?/t24?,25-,28+,29+/m0/s1. The van der Waals surface area contributed by atoms with Gasteiger partial charge in [0.05, 0.1) is 28.4 Å². The molecule has 4 atom stereocenters. The summed E-state index contributed by atoms with van der Waals surface area (Å²) in [6.07, 6.45) is 5.83. The van der Waals surface area contributed by atoms with Crippen molar-refractivity contribution < 1.29 is 19.1 Å². The van der Waals surface area contributed by atoms with Crippen LogP contribution in [0, 0.1) is 17.1 Å². The van der Waals surface area contributed by atoms with Gasteiger partial charge in [0.15, 0.2) is 0 Å². The van der Waals surface area contributed by atoms with Gasteiger partial charge >= 0.3 is 5.97 Å². The van der Waals surface area contributed by atoms with E-state index in [1.54, 1.807) is 49.4 Å². The molecule has 1 amide bonds. The van der Waals surface area contributed by atoms with Crippen molar-refractivity contribution in [3.05, 3.63) is 98.5 Å². The number of carbonyl (C=O) groups excluding carboxylic acids is 1. The lowest BCUT2D eigenvalue weighted by molar-refractivity contribution is -0.132. The van der Waals surface area contributed by atoms with Crippen molar-refractivity contribution in [3.63, 3.8) is 0 Å². The molecule has 212 valence electrons. The van der Waals surface area contributed by atoms with Gasteiger partial charge in [0.2, 0.25) is 5.91 Å². The average molecular weight is 596 g/mol. The number of carbonyl (C=O) groups is 2. The van der Waals surface area contributed by atoms with Crippen molar-refractivity contribution in [3.8, 4) is 0 Å². The topological polar surface area (TPSA) is 106 Å². The highest BCUT2D eigenvalue weighted by Gasteiger charge is 2.57. The maximum absolute atomic E-state index is 15.7. The van der Waals surface area contributed by atoms with Crippen molar-refractivity contribution in [1.82, 2.24) is 10.2 Å². The third-order valence-electron chi connectivity index (χ3n) is 8.57. The zero-order chi connectivity index (χ0) is 29.0. The molecule has 4 aliphatic rings. The number of amides is 1. The van der Waals surface area contributed by atoms with Gasteiger partial charge in [0, 0.05) is 46.9 Å². The lowest BCUT2D eigenvalue weighted by atomic mass is 9.86. The van der Waals surface area contributed by atoms with Crippen LogP contribution in [-0.4, -0.2) is 52.3 Å². The fourth-order valence-corrected chi connectivity index (χ4v) is 6.79. The van der Waals surface area contributed by atoms with Crippen molar-refractivity contribution in [2.24, 2.45) is 5.92 Å². The van der Waals surface area contributed by atoms with Crippen LogP contribution in [0.1, 0.15) is 37.7 Å². The quantitative estimate of drug-likeness (QED) is 0.332. The zero-order valence-electron chi connectivity index (χ0n) is 22.3. The van der Waals surface area contributed by atoms with E-state index in [-0.39, 0.29) is 34.3 Å². The van der Waals surface area contributed by atoms with Gasteiger partial charge in [-0.1, -0.05) is 47.5 Å². The highest BCUT2D eigenvalue weighted by molar-refractivity contribution is 6.31. The van der Waals surface area contributed by atoms with Gasteiger partial charge in [0.25, 0.3) is 0 Å². The van der Waals surface area contributed by atoms with Crippen LogP contribution in [0.25, 0.3) is 0 Å². The molecule has 2 aliphatic heterocycles. The number of carboxylic acids is 1. The van der Waals surface area contributed by atoms with Crippen molar-refractivity contribution in [1.29, 1.82) is 5.41 Å². The summed E-state index contributed by atoms with van der Waals surface area (Å²) in [6, 6.07) is 10.6. The minimum Gasteiger partial charge on any atom is -0.478 e. The molecule has 0 spiro atoms. The number of allylic oxidation sites excluding steroid dienone is 3. The summed E-state index contributed by atoms with van der Waals surface area (Å²) in [5, 5.41) is 25.3. The third kappa shape index (κ3) is 5.09.